The van der Waals surface area contributed by atoms with Gasteiger partial charge >= 0.3 is 0 Å². The van der Waals surface area contributed by atoms with Gasteiger partial charge in [0.05, 0.1) is 22.6 Å². The van der Waals surface area contributed by atoms with Crippen LogP contribution in [0, 0.1) is 0 Å². The summed E-state index contributed by atoms with van der Waals surface area (Å²) in [5.41, 5.74) is 12.3. The predicted octanol–water partition coefficient (Wildman–Crippen LogP) is 13.6. The summed E-state index contributed by atoms with van der Waals surface area (Å²) in [4.78, 5) is 10.5. The van der Waals surface area contributed by atoms with Crippen LogP contribution in [0.2, 0.25) is 0 Å². The average Bonchev–Trinajstić information content (AvgIpc) is 3.87. The van der Waals surface area contributed by atoms with Crippen LogP contribution in [0.1, 0.15) is 0 Å². The lowest BCUT2D eigenvalue weighted by atomic mass is 9.96. The highest BCUT2D eigenvalue weighted by Gasteiger charge is 2.22. The summed E-state index contributed by atoms with van der Waals surface area (Å²) in [6.07, 6.45) is 0. The Kier molecular flexibility index (Phi) is 7.64. The molecule has 0 saturated heterocycles. The van der Waals surface area contributed by atoms with E-state index in [9.17, 15) is 0 Å². The number of pyridine rings is 1. The normalized spacial score (nSPS) is 11.6. The predicted molar refractivity (Wildman–Crippen MR) is 234 cm³/mol. The number of nitrogens with zero attached hydrogens (tertiary/aromatic N) is 4. The second kappa shape index (κ2) is 13.3. The Hall–Kier alpha value is -7.21. The van der Waals surface area contributed by atoms with Crippen LogP contribution in [0.4, 0.5) is 0 Å². The zero-order valence-electron chi connectivity index (χ0n) is 30.2. The SMILES string of the molecule is c1ccc(-c2cc(-c3cccc4sc5ccccc5c34)nc(-c3ccc(-c4nn5c(-c6ccccc6)cc6ccccc6c5c4-c4ccccc4)cc3)n2)cc1. The minimum Gasteiger partial charge on any atom is -0.231 e. The van der Waals surface area contributed by atoms with E-state index in [0.29, 0.717) is 5.82 Å². The molecular weight excluding hydrogens is 701 g/mol. The molecule has 7 aromatic carbocycles. The molecular formula is C51H32N4S. The summed E-state index contributed by atoms with van der Waals surface area (Å²) in [7, 11) is 0. The van der Waals surface area contributed by atoms with E-state index >= 15 is 0 Å². The van der Waals surface area contributed by atoms with Crippen molar-refractivity contribution in [2.24, 2.45) is 0 Å². The molecule has 56 heavy (non-hydrogen) atoms. The van der Waals surface area contributed by atoms with E-state index < -0.39 is 0 Å². The Morgan fingerprint density at radius 1 is 0.429 bits per heavy atom. The molecule has 4 aromatic heterocycles. The highest BCUT2D eigenvalue weighted by Crippen LogP contribution is 2.43. The lowest BCUT2D eigenvalue weighted by Crippen LogP contribution is -1.96. The Balaban J connectivity index is 1.11. The molecule has 0 aliphatic rings. The molecule has 0 spiro atoms. The lowest BCUT2D eigenvalue weighted by Gasteiger charge is -2.11. The molecule has 0 saturated carbocycles. The van der Waals surface area contributed by atoms with Gasteiger partial charge in [0, 0.05) is 58.9 Å². The zero-order valence-corrected chi connectivity index (χ0v) is 31.0. The number of rotatable bonds is 6. The van der Waals surface area contributed by atoms with E-state index in [0.717, 1.165) is 72.6 Å². The van der Waals surface area contributed by atoms with Crippen LogP contribution >= 0.6 is 11.3 Å². The maximum atomic E-state index is 5.43. The molecule has 0 radical (unpaired) electrons. The molecule has 11 aromatic rings. The monoisotopic (exact) mass is 732 g/mol. The number of hydrogen-bond donors (Lipinski definition) is 0. The summed E-state index contributed by atoms with van der Waals surface area (Å²) in [5.74, 6) is 0.681. The summed E-state index contributed by atoms with van der Waals surface area (Å²) in [5, 5.41) is 10.2. The molecule has 0 unspecified atom stereocenters. The first kappa shape index (κ1) is 32.2. The van der Waals surface area contributed by atoms with Gasteiger partial charge in [-0.05, 0) is 35.2 Å². The number of thiophene rings is 1. The van der Waals surface area contributed by atoms with Crippen molar-refractivity contribution in [3.63, 3.8) is 0 Å². The minimum atomic E-state index is 0.681. The second-order valence-corrected chi connectivity index (χ2v) is 15.1. The third-order valence-corrected chi connectivity index (χ3v) is 11.8. The molecule has 0 aliphatic carbocycles. The minimum absolute atomic E-state index is 0.681. The van der Waals surface area contributed by atoms with Gasteiger partial charge in [0.2, 0.25) is 0 Å². The van der Waals surface area contributed by atoms with E-state index in [-0.39, 0.29) is 0 Å². The number of fused-ring (bicyclic) bond motifs is 6. The number of benzene rings is 7. The van der Waals surface area contributed by atoms with Crippen molar-refractivity contribution in [2.45, 2.75) is 0 Å². The first-order valence-corrected chi connectivity index (χ1v) is 19.6. The van der Waals surface area contributed by atoms with Crippen LogP contribution in [-0.4, -0.2) is 19.6 Å². The van der Waals surface area contributed by atoms with Gasteiger partial charge in [-0.1, -0.05) is 170 Å². The number of aromatic nitrogens is 4. The van der Waals surface area contributed by atoms with Gasteiger partial charge in [0.1, 0.15) is 5.69 Å². The van der Waals surface area contributed by atoms with E-state index in [2.05, 4.69) is 193 Å². The van der Waals surface area contributed by atoms with Crippen LogP contribution in [0.15, 0.2) is 194 Å². The quantitative estimate of drug-likeness (QED) is 0.171. The first-order valence-electron chi connectivity index (χ1n) is 18.8. The van der Waals surface area contributed by atoms with Crippen LogP contribution < -0.4 is 0 Å². The molecule has 0 amide bonds. The maximum absolute atomic E-state index is 5.43. The molecule has 262 valence electrons. The standard InChI is InChI=1S/C51H32N4S/c1-4-15-33(16-5-1)42-32-43(40-24-14-26-46-48(40)41-23-12-13-25-45(41)56-46)53-51(52-42)37-29-27-36(28-30-37)49-47(35-19-8-3-9-20-35)50-39-22-11-10-21-38(39)31-44(55(50)54-49)34-17-6-2-7-18-34/h1-32H. The summed E-state index contributed by atoms with van der Waals surface area (Å²) in [6.45, 7) is 0. The fourth-order valence-corrected chi connectivity index (χ4v) is 9.15. The highest BCUT2D eigenvalue weighted by molar-refractivity contribution is 7.25. The molecule has 0 atom stereocenters. The summed E-state index contributed by atoms with van der Waals surface area (Å²) in [6, 6.07) is 68.3. The molecule has 4 nitrogen and oxygen atoms in total. The Bertz CT molecular complexity index is 3220. The Morgan fingerprint density at radius 3 is 1.80 bits per heavy atom. The van der Waals surface area contributed by atoms with Gasteiger partial charge in [-0.15, -0.1) is 11.3 Å². The van der Waals surface area contributed by atoms with Crippen molar-refractivity contribution >= 4 is 47.8 Å². The molecule has 0 bridgehead atoms. The van der Waals surface area contributed by atoms with Crippen molar-refractivity contribution in [2.75, 3.05) is 0 Å². The first-order chi connectivity index (χ1) is 27.8. The fourth-order valence-electron chi connectivity index (χ4n) is 8.02. The van der Waals surface area contributed by atoms with Gasteiger partial charge in [0.15, 0.2) is 5.82 Å². The average molecular weight is 733 g/mol. The summed E-state index contributed by atoms with van der Waals surface area (Å²) < 4.78 is 4.66. The third-order valence-electron chi connectivity index (χ3n) is 10.6. The van der Waals surface area contributed by atoms with Crippen molar-refractivity contribution < 1.29 is 0 Å². The van der Waals surface area contributed by atoms with Crippen LogP contribution in [-0.2, 0) is 0 Å². The lowest BCUT2D eigenvalue weighted by molar-refractivity contribution is 0.979. The van der Waals surface area contributed by atoms with Gasteiger partial charge in [-0.25, -0.2) is 14.5 Å². The topological polar surface area (TPSA) is 43.1 Å². The largest absolute Gasteiger partial charge is 0.231 e. The third kappa shape index (κ3) is 5.40. The molecule has 0 N–H and O–H groups in total. The number of hydrogen-bond acceptors (Lipinski definition) is 4. The van der Waals surface area contributed by atoms with Gasteiger partial charge in [-0.2, -0.15) is 5.10 Å². The van der Waals surface area contributed by atoms with E-state index in [1.165, 1.54) is 25.6 Å². The second-order valence-electron chi connectivity index (χ2n) is 14.0. The Labute approximate surface area is 327 Å². The van der Waals surface area contributed by atoms with E-state index in [4.69, 9.17) is 15.1 Å². The van der Waals surface area contributed by atoms with E-state index in [1.807, 2.05) is 17.4 Å². The molecule has 4 heterocycles. The van der Waals surface area contributed by atoms with Crippen molar-refractivity contribution in [3.05, 3.63) is 194 Å². The highest BCUT2D eigenvalue weighted by atomic mass is 32.1. The molecule has 11 rings (SSSR count). The Morgan fingerprint density at radius 2 is 1.04 bits per heavy atom. The summed E-state index contributed by atoms with van der Waals surface area (Å²) >= 11 is 1.82. The van der Waals surface area contributed by atoms with E-state index in [1.54, 1.807) is 0 Å². The van der Waals surface area contributed by atoms with Crippen molar-refractivity contribution in [1.82, 2.24) is 19.6 Å². The smallest absolute Gasteiger partial charge is 0.160 e. The van der Waals surface area contributed by atoms with Crippen LogP contribution in [0.5, 0.6) is 0 Å². The van der Waals surface area contributed by atoms with Crippen LogP contribution in [0.25, 0.3) is 104 Å². The van der Waals surface area contributed by atoms with Crippen LogP contribution in [0.3, 0.4) is 0 Å². The van der Waals surface area contributed by atoms with Gasteiger partial charge in [0.25, 0.3) is 0 Å². The van der Waals surface area contributed by atoms with Crippen molar-refractivity contribution in [1.29, 1.82) is 0 Å². The molecule has 5 heteroatoms. The van der Waals surface area contributed by atoms with Gasteiger partial charge < -0.3 is 0 Å². The van der Waals surface area contributed by atoms with Crippen molar-refractivity contribution in [3.8, 4) is 67.5 Å². The molecule has 0 fully saturated rings. The molecule has 0 aliphatic heterocycles. The fraction of sp³-hybridized carbons (Fsp3) is 0. The van der Waals surface area contributed by atoms with Gasteiger partial charge in [-0.3, -0.25) is 0 Å². The maximum Gasteiger partial charge on any atom is 0.160 e. The zero-order chi connectivity index (χ0) is 37.0.